The second-order valence-electron chi connectivity index (χ2n) is 1.92. The Morgan fingerprint density at radius 1 is 1.09 bits per heavy atom. The Hall–Kier alpha value is -1.29. The molecule has 0 saturated heterocycles. The van der Waals surface area contributed by atoms with Gasteiger partial charge in [-0.1, -0.05) is 11.6 Å². The fourth-order valence-corrected chi connectivity index (χ4v) is 0.968. The van der Waals surface area contributed by atoms with Crippen LogP contribution in [0.5, 0.6) is 0 Å². The van der Waals surface area contributed by atoms with Gasteiger partial charge in [-0.3, -0.25) is 0 Å². The molecule has 0 aliphatic heterocycles. The second kappa shape index (κ2) is 2.39. The highest BCUT2D eigenvalue weighted by Crippen LogP contribution is 2.13. The van der Waals surface area contributed by atoms with Crippen LogP contribution < -0.4 is 0 Å². The van der Waals surface area contributed by atoms with E-state index >= 15 is 0 Å². The fraction of sp³-hybridized carbons (Fsp3) is 0. The molecule has 2 aromatic rings. The Morgan fingerprint density at radius 3 is 2.82 bits per heavy atom. The average Bonchev–Trinajstić information content (AvgIpc) is 2.06. The molecule has 5 heteroatoms. The Kier molecular flexibility index (Phi) is 1.40. The molecule has 0 bridgehead atoms. The van der Waals surface area contributed by atoms with Gasteiger partial charge in [0, 0.05) is 0 Å². The van der Waals surface area contributed by atoms with E-state index in [-0.39, 0.29) is 0 Å². The van der Waals surface area contributed by atoms with Gasteiger partial charge in [0.1, 0.15) is 23.7 Å². The minimum Gasteiger partial charge on any atom is -0.243 e. The monoisotopic (exact) mass is 166 g/mol. The summed E-state index contributed by atoms with van der Waals surface area (Å²) < 4.78 is 0. The Morgan fingerprint density at radius 2 is 2.00 bits per heavy atom. The van der Waals surface area contributed by atoms with Gasteiger partial charge in [0.05, 0.1) is 6.20 Å². The van der Waals surface area contributed by atoms with E-state index in [1.165, 1.54) is 12.7 Å². The molecule has 0 spiro atoms. The van der Waals surface area contributed by atoms with E-state index in [0.717, 1.165) is 0 Å². The summed E-state index contributed by atoms with van der Waals surface area (Å²) in [6.07, 6.45) is 4.39. The number of halogens is 1. The molecule has 4 nitrogen and oxygen atoms in total. The quantitative estimate of drug-likeness (QED) is 0.550. The first-order chi connectivity index (χ1) is 5.38. The van der Waals surface area contributed by atoms with Crippen LogP contribution in [-0.4, -0.2) is 19.9 Å². The largest absolute Gasteiger partial charge is 0.243 e. The van der Waals surface area contributed by atoms with Crippen LogP contribution in [0.1, 0.15) is 0 Å². The number of fused-ring (bicyclic) bond motifs is 1. The van der Waals surface area contributed by atoms with Crippen molar-refractivity contribution in [2.24, 2.45) is 0 Å². The van der Waals surface area contributed by atoms with Crippen molar-refractivity contribution in [3.63, 3.8) is 0 Å². The molecule has 0 atom stereocenters. The van der Waals surface area contributed by atoms with Crippen molar-refractivity contribution >= 4 is 22.6 Å². The maximum absolute atomic E-state index is 5.72. The topological polar surface area (TPSA) is 51.6 Å². The van der Waals surface area contributed by atoms with Crippen LogP contribution in [0.3, 0.4) is 0 Å². The van der Waals surface area contributed by atoms with Crippen molar-refractivity contribution in [2.45, 2.75) is 0 Å². The molecule has 0 amide bonds. The van der Waals surface area contributed by atoms with Gasteiger partial charge in [-0.05, 0) is 0 Å². The minimum absolute atomic E-state index is 0.359. The first-order valence-corrected chi connectivity index (χ1v) is 3.32. The lowest BCUT2D eigenvalue weighted by atomic mass is 10.4. The van der Waals surface area contributed by atoms with E-state index in [2.05, 4.69) is 19.9 Å². The summed E-state index contributed by atoms with van der Waals surface area (Å²) in [5, 5.41) is 0.359. The van der Waals surface area contributed by atoms with E-state index < -0.39 is 0 Å². The fourth-order valence-electron chi connectivity index (χ4n) is 0.779. The highest BCUT2D eigenvalue weighted by molar-refractivity contribution is 6.33. The summed E-state index contributed by atoms with van der Waals surface area (Å²) >= 11 is 5.72. The van der Waals surface area contributed by atoms with Crippen molar-refractivity contribution in [3.8, 4) is 0 Å². The maximum Gasteiger partial charge on any atom is 0.158 e. The molecule has 54 valence electrons. The Labute approximate surface area is 67.3 Å². The van der Waals surface area contributed by atoms with E-state index in [4.69, 9.17) is 11.6 Å². The van der Waals surface area contributed by atoms with Crippen molar-refractivity contribution in [3.05, 3.63) is 24.0 Å². The third kappa shape index (κ3) is 1.01. The van der Waals surface area contributed by atoms with Gasteiger partial charge in [0.2, 0.25) is 0 Å². The van der Waals surface area contributed by atoms with Gasteiger partial charge in [-0.2, -0.15) is 0 Å². The molecule has 0 radical (unpaired) electrons. The highest BCUT2D eigenvalue weighted by atomic mass is 35.5. The molecule has 2 aromatic heterocycles. The molecule has 2 heterocycles. The molecule has 0 aliphatic rings. The molecule has 0 aromatic carbocycles. The summed E-state index contributed by atoms with van der Waals surface area (Å²) in [6, 6.07) is 0. The Bertz CT molecular complexity index is 384. The zero-order valence-corrected chi connectivity index (χ0v) is 6.15. The standard InChI is InChI=1S/C6H3ClN4/c7-6-5-4(9-3-11-6)1-8-2-10-5/h1-3H. The minimum atomic E-state index is 0.359. The lowest BCUT2D eigenvalue weighted by Crippen LogP contribution is -1.87. The van der Waals surface area contributed by atoms with Crippen LogP contribution in [0.2, 0.25) is 5.15 Å². The molecular formula is C6H3ClN4. The lowest BCUT2D eigenvalue weighted by Gasteiger charge is -1.93. The van der Waals surface area contributed by atoms with Crippen LogP contribution in [-0.2, 0) is 0 Å². The first-order valence-electron chi connectivity index (χ1n) is 2.94. The van der Waals surface area contributed by atoms with Gasteiger partial charge in [0.25, 0.3) is 0 Å². The summed E-state index contributed by atoms with van der Waals surface area (Å²) in [5.41, 5.74) is 1.25. The molecule has 0 aliphatic carbocycles. The summed E-state index contributed by atoms with van der Waals surface area (Å²) in [6.45, 7) is 0. The SMILES string of the molecule is Clc1ncnc2cncnc12. The van der Waals surface area contributed by atoms with Crippen LogP contribution in [0, 0.1) is 0 Å². The molecule has 0 unspecified atom stereocenters. The van der Waals surface area contributed by atoms with Crippen LogP contribution >= 0.6 is 11.6 Å². The summed E-state index contributed by atoms with van der Waals surface area (Å²) in [7, 11) is 0. The number of aromatic nitrogens is 4. The van der Waals surface area contributed by atoms with Gasteiger partial charge >= 0.3 is 0 Å². The molecule has 11 heavy (non-hydrogen) atoms. The van der Waals surface area contributed by atoms with Crippen LogP contribution in [0.25, 0.3) is 11.0 Å². The highest BCUT2D eigenvalue weighted by Gasteiger charge is 1.99. The number of hydrogen-bond donors (Lipinski definition) is 0. The smallest absolute Gasteiger partial charge is 0.158 e. The van der Waals surface area contributed by atoms with E-state index in [0.29, 0.717) is 16.2 Å². The van der Waals surface area contributed by atoms with E-state index in [1.54, 1.807) is 6.20 Å². The predicted molar refractivity (Wildman–Crippen MR) is 40.1 cm³/mol. The van der Waals surface area contributed by atoms with Crippen molar-refractivity contribution < 1.29 is 0 Å². The zero-order valence-electron chi connectivity index (χ0n) is 5.40. The normalized spacial score (nSPS) is 10.3. The molecular weight excluding hydrogens is 164 g/mol. The van der Waals surface area contributed by atoms with E-state index in [1.807, 2.05) is 0 Å². The van der Waals surface area contributed by atoms with Crippen LogP contribution in [0.4, 0.5) is 0 Å². The number of nitrogens with zero attached hydrogens (tertiary/aromatic N) is 4. The summed E-state index contributed by atoms with van der Waals surface area (Å²) in [4.78, 5) is 15.4. The average molecular weight is 167 g/mol. The molecule has 0 N–H and O–H groups in total. The number of hydrogen-bond acceptors (Lipinski definition) is 4. The first kappa shape index (κ1) is 6.42. The third-order valence-electron chi connectivity index (χ3n) is 1.26. The third-order valence-corrected chi connectivity index (χ3v) is 1.53. The summed E-state index contributed by atoms with van der Waals surface area (Å²) in [5.74, 6) is 0. The maximum atomic E-state index is 5.72. The molecule has 0 saturated carbocycles. The van der Waals surface area contributed by atoms with Crippen LogP contribution in [0.15, 0.2) is 18.9 Å². The van der Waals surface area contributed by atoms with E-state index in [9.17, 15) is 0 Å². The van der Waals surface area contributed by atoms with Crippen molar-refractivity contribution in [1.29, 1.82) is 0 Å². The van der Waals surface area contributed by atoms with Gasteiger partial charge in [0.15, 0.2) is 5.15 Å². The Balaban J connectivity index is 2.91. The van der Waals surface area contributed by atoms with Gasteiger partial charge < -0.3 is 0 Å². The number of rotatable bonds is 0. The predicted octanol–water partition coefficient (Wildman–Crippen LogP) is 1.07. The second-order valence-corrected chi connectivity index (χ2v) is 2.28. The molecule has 2 rings (SSSR count). The van der Waals surface area contributed by atoms with Gasteiger partial charge in [-0.15, -0.1) is 0 Å². The zero-order chi connectivity index (χ0) is 7.68. The van der Waals surface area contributed by atoms with Crippen molar-refractivity contribution in [1.82, 2.24) is 19.9 Å². The molecule has 0 fully saturated rings. The van der Waals surface area contributed by atoms with Crippen molar-refractivity contribution in [2.75, 3.05) is 0 Å². The van der Waals surface area contributed by atoms with Gasteiger partial charge in [-0.25, -0.2) is 19.9 Å². The lowest BCUT2D eigenvalue weighted by molar-refractivity contribution is 1.15.